The molecule has 0 aromatic carbocycles. The zero-order valence-corrected chi connectivity index (χ0v) is 8.05. The molecule has 0 radical (unpaired) electrons. The third-order valence-electron chi connectivity index (χ3n) is 3.42. The molecule has 1 atom stereocenters. The van der Waals surface area contributed by atoms with Gasteiger partial charge in [-0.3, -0.25) is 0 Å². The van der Waals surface area contributed by atoms with E-state index in [0.717, 1.165) is 12.0 Å². The fraction of sp³-hybridized carbons (Fsp3) is 1.00. The summed E-state index contributed by atoms with van der Waals surface area (Å²) in [5, 5.41) is 0. The number of nitrogens with zero attached hydrogens (tertiary/aromatic N) is 1. The van der Waals surface area contributed by atoms with Crippen molar-refractivity contribution in [3.63, 3.8) is 0 Å². The van der Waals surface area contributed by atoms with Gasteiger partial charge in [0, 0.05) is 12.6 Å². The largest absolute Gasteiger partial charge is 0.327 e. The highest BCUT2D eigenvalue weighted by molar-refractivity contribution is 4.96. The smallest absolute Gasteiger partial charge is 0.0139 e. The van der Waals surface area contributed by atoms with Crippen LogP contribution in [0.1, 0.15) is 32.6 Å². The van der Waals surface area contributed by atoms with Gasteiger partial charge in [-0.2, -0.15) is 0 Å². The molecule has 70 valence electrons. The molecule has 0 bridgehead atoms. The van der Waals surface area contributed by atoms with E-state index in [2.05, 4.69) is 11.8 Å². The first kappa shape index (κ1) is 8.52. The van der Waals surface area contributed by atoms with Crippen LogP contribution in [0.4, 0.5) is 0 Å². The Morgan fingerprint density at radius 1 is 1.25 bits per heavy atom. The van der Waals surface area contributed by atoms with Crippen LogP contribution >= 0.6 is 0 Å². The lowest BCUT2D eigenvalue weighted by atomic mass is 9.93. The summed E-state index contributed by atoms with van der Waals surface area (Å²) in [5.74, 6) is 0. The Morgan fingerprint density at radius 3 is 2.25 bits per heavy atom. The van der Waals surface area contributed by atoms with Crippen LogP contribution in [0.3, 0.4) is 0 Å². The number of hydrogen-bond donors (Lipinski definition) is 1. The van der Waals surface area contributed by atoms with E-state index in [9.17, 15) is 0 Å². The zero-order chi connectivity index (χ0) is 8.60. The van der Waals surface area contributed by atoms with Crippen LogP contribution in [0.2, 0.25) is 0 Å². The van der Waals surface area contributed by atoms with Gasteiger partial charge < -0.3 is 10.6 Å². The highest BCUT2D eigenvalue weighted by Gasteiger charge is 2.44. The molecular weight excluding hydrogens is 148 g/mol. The minimum Gasteiger partial charge on any atom is -0.327 e. The standard InChI is InChI=1S/C10H20N2/c1-9(11)8-12-6-4-10(2-3-10)5-7-12/h9H,2-8,11H2,1H3/t9-/m1/s1. The van der Waals surface area contributed by atoms with Crippen molar-refractivity contribution in [3.05, 3.63) is 0 Å². The summed E-state index contributed by atoms with van der Waals surface area (Å²) < 4.78 is 0. The number of rotatable bonds is 2. The van der Waals surface area contributed by atoms with Gasteiger partial charge in [0.25, 0.3) is 0 Å². The lowest BCUT2D eigenvalue weighted by molar-refractivity contribution is 0.167. The van der Waals surface area contributed by atoms with Gasteiger partial charge in [-0.25, -0.2) is 0 Å². The van der Waals surface area contributed by atoms with Crippen molar-refractivity contribution in [2.45, 2.75) is 38.6 Å². The van der Waals surface area contributed by atoms with Crippen molar-refractivity contribution in [2.75, 3.05) is 19.6 Å². The highest BCUT2D eigenvalue weighted by atomic mass is 15.1. The Balaban J connectivity index is 1.74. The van der Waals surface area contributed by atoms with Crippen LogP contribution in [0.15, 0.2) is 0 Å². The summed E-state index contributed by atoms with van der Waals surface area (Å²) in [6.07, 6.45) is 5.86. The second kappa shape index (κ2) is 3.00. The van der Waals surface area contributed by atoms with Gasteiger partial charge in [0.2, 0.25) is 0 Å². The van der Waals surface area contributed by atoms with Gasteiger partial charge in [-0.15, -0.1) is 0 Å². The molecule has 2 nitrogen and oxygen atoms in total. The molecule has 2 aliphatic rings. The van der Waals surface area contributed by atoms with E-state index in [-0.39, 0.29) is 0 Å². The van der Waals surface area contributed by atoms with Crippen LogP contribution in [0.25, 0.3) is 0 Å². The maximum absolute atomic E-state index is 5.76. The molecule has 0 amide bonds. The van der Waals surface area contributed by atoms with Crippen molar-refractivity contribution < 1.29 is 0 Å². The molecule has 0 aromatic heterocycles. The van der Waals surface area contributed by atoms with E-state index in [0.29, 0.717) is 6.04 Å². The van der Waals surface area contributed by atoms with E-state index in [4.69, 9.17) is 5.73 Å². The molecule has 2 N–H and O–H groups in total. The lowest BCUT2D eigenvalue weighted by Gasteiger charge is -2.32. The van der Waals surface area contributed by atoms with Gasteiger partial charge in [0.15, 0.2) is 0 Å². The number of piperidine rings is 1. The molecule has 1 heterocycles. The summed E-state index contributed by atoms with van der Waals surface area (Å²) in [6, 6.07) is 0.346. The zero-order valence-electron chi connectivity index (χ0n) is 8.05. The predicted octanol–water partition coefficient (Wildman–Crippen LogP) is 1.21. The topological polar surface area (TPSA) is 29.3 Å². The first-order valence-electron chi connectivity index (χ1n) is 5.18. The molecule has 0 aromatic rings. The van der Waals surface area contributed by atoms with Gasteiger partial charge in [0.05, 0.1) is 0 Å². The van der Waals surface area contributed by atoms with Crippen LogP contribution in [0, 0.1) is 5.41 Å². The number of nitrogens with two attached hydrogens (primary N) is 1. The number of likely N-dealkylation sites (tertiary alicyclic amines) is 1. The van der Waals surface area contributed by atoms with Gasteiger partial charge in [-0.1, -0.05) is 0 Å². The van der Waals surface area contributed by atoms with Crippen LogP contribution in [-0.4, -0.2) is 30.6 Å². The van der Waals surface area contributed by atoms with Crippen molar-refractivity contribution in [2.24, 2.45) is 11.1 Å². The first-order chi connectivity index (χ1) is 5.70. The minimum atomic E-state index is 0.346. The van der Waals surface area contributed by atoms with Crippen LogP contribution < -0.4 is 5.73 Å². The second-order valence-corrected chi connectivity index (χ2v) is 4.78. The van der Waals surface area contributed by atoms with Gasteiger partial charge in [-0.05, 0) is 51.1 Å². The highest BCUT2D eigenvalue weighted by Crippen LogP contribution is 2.53. The molecule has 0 unspecified atom stereocenters. The van der Waals surface area contributed by atoms with Crippen LogP contribution in [0.5, 0.6) is 0 Å². The second-order valence-electron chi connectivity index (χ2n) is 4.78. The molecule has 2 heteroatoms. The maximum atomic E-state index is 5.76. The summed E-state index contributed by atoms with van der Waals surface area (Å²) in [5.41, 5.74) is 6.58. The van der Waals surface area contributed by atoms with Crippen molar-refractivity contribution in [1.29, 1.82) is 0 Å². The SMILES string of the molecule is C[C@@H](N)CN1CCC2(CC1)CC2. The quantitative estimate of drug-likeness (QED) is 0.671. The third-order valence-corrected chi connectivity index (χ3v) is 3.42. The van der Waals surface area contributed by atoms with E-state index in [1.807, 2.05) is 0 Å². The van der Waals surface area contributed by atoms with Crippen molar-refractivity contribution >= 4 is 0 Å². The van der Waals surface area contributed by atoms with Crippen molar-refractivity contribution in [1.82, 2.24) is 4.90 Å². The average Bonchev–Trinajstić information content (AvgIpc) is 2.75. The Bertz CT molecular complexity index is 151. The molecule has 12 heavy (non-hydrogen) atoms. The summed E-state index contributed by atoms with van der Waals surface area (Å²) in [4.78, 5) is 2.52. The molecule has 1 aliphatic heterocycles. The molecule has 1 aliphatic carbocycles. The fourth-order valence-electron chi connectivity index (χ4n) is 2.29. The Morgan fingerprint density at radius 2 is 1.83 bits per heavy atom. The van der Waals surface area contributed by atoms with Crippen molar-refractivity contribution in [3.8, 4) is 0 Å². The molecule has 2 fully saturated rings. The van der Waals surface area contributed by atoms with E-state index in [1.54, 1.807) is 0 Å². The Hall–Kier alpha value is -0.0800. The third kappa shape index (κ3) is 1.80. The average molecular weight is 168 g/mol. The molecule has 1 saturated heterocycles. The predicted molar refractivity (Wildman–Crippen MR) is 51.0 cm³/mol. The molecular formula is C10H20N2. The van der Waals surface area contributed by atoms with Crippen LogP contribution in [-0.2, 0) is 0 Å². The number of hydrogen-bond acceptors (Lipinski definition) is 2. The summed E-state index contributed by atoms with van der Waals surface area (Å²) >= 11 is 0. The monoisotopic (exact) mass is 168 g/mol. The van der Waals surface area contributed by atoms with Gasteiger partial charge in [0.1, 0.15) is 0 Å². The normalized spacial score (nSPS) is 30.5. The summed E-state index contributed by atoms with van der Waals surface area (Å²) in [6.45, 7) is 5.78. The van der Waals surface area contributed by atoms with E-state index < -0.39 is 0 Å². The summed E-state index contributed by atoms with van der Waals surface area (Å²) in [7, 11) is 0. The van der Waals surface area contributed by atoms with Gasteiger partial charge >= 0.3 is 0 Å². The fourth-order valence-corrected chi connectivity index (χ4v) is 2.29. The Kier molecular flexibility index (Phi) is 2.13. The molecule has 1 saturated carbocycles. The minimum absolute atomic E-state index is 0.346. The molecule has 2 rings (SSSR count). The Labute approximate surface area is 75.1 Å². The van der Waals surface area contributed by atoms with E-state index >= 15 is 0 Å². The maximum Gasteiger partial charge on any atom is 0.0139 e. The van der Waals surface area contributed by atoms with E-state index in [1.165, 1.54) is 38.8 Å². The first-order valence-corrected chi connectivity index (χ1v) is 5.18. The molecule has 1 spiro atoms. The lowest BCUT2D eigenvalue weighted by Crippen LogP contribution is -2.41.